The minimum atomic E-state index is -3.96. The van der Waals surface area contributed by atoms with Crippen LogP contribution in [0.4, 0.5) is 4.79 Å². The van der Waals surface area contributed by atoms with Crippen LogP contribution in [0.25, 0.3) is 0 Å². The number of aryl methyl sites for hydroxylation is 1. The summed E-state index contributed by atoms with van der Waals surface area (Å²) in [7, 11) is -3.96. The van der Waals surface area contributed by atoms with Gasteiger partial charge in [0.2, 0.25) is 0 Å². The fourth-order valence-electron chi connectivity index (χ4n) is 1.99. The lowest BCUT2D eigenvalue weighted by molar-refractivity contribution is -0.146. The van der Waals surface area contributed by atoms with Crippen LogP contribution in [0.3, 0.4) is 0 Å². The van der Waals surface area contributed by atoms with Crippen molar-refractivity contribution < 1.29 is 31.7 Å². The normalized spacial score (nSPS) is 12.9. The predicted octanol–water partition coefficient (Wildman–Crippen LogP) is 2.55. The average molecular weight is 401 g/mol. The van der Waals surface area contributed by atoms with Crippen molar-refractivity contribution in [1.29, 1.82) is 0 Å². The summed E-state index contributed by atoms with van der Waals surface area (Å²) in [5.74, 6) is -0.695. The molecule has 1 aromatic carbocycles. The minimum Gasteiger partial charge on any atom is -0.464 e. The molecule has 8 nitrogen and oxygen atoms in total. The molecule has 1 amide bonds. The van der Waals surface area contributed by atoms with Crippen LogP contribution in [0.15, 0.2) is 29.2 Å². The van der Waals surface area contributed by atoms with Crippen molar-refractivity contribution in [3.63, 3.8) is 0 Å². The van der Waals surface area contributed by atoms with Gasteiger partial charge in [-0.1, -0.05) is 17.7 Å². The van der Waals surface area contributed by atoms with Crippen molar-refractivity contribution in [2.75, 3.05) is 13.2 Å². The van der Waals surface area contributed by atoms with Gasteiger partial charge in [0, 0.05) is 6.42 Å². The highest BCUT2D eigenvalue weighted by atomic mass is 32.2. The first-order valence-electron chi connectivity index (χ1n) is 8.57. The zero-order valence-corrected chi connectivity index (χ0v) is 17.1. The lowest BCUT2D eigenvalue weighted by Gasteiger charge is -2.22. The van der Waals surface area contributed by atoms with Gasteiger partial charge in [-0.2, -0.15) is 8.42 Å². The number of nitrogens with one attached hydrogen (secondary N) is 1. The van der Waals surface area contributed by atoms with E-state index in [1.807, 2.05) is 6.92 Å². The first-order valence-corrected chi connectivity index (χ1v) is 9.97. The molecule has 0 bridgehead atoms. The third-order valence-corrected chi connectivity index (χ3v) is 4.54. The van der Waals surface area contributed by atoms with Gasteiger partial charge in [-0.3, -0.25) is 4.18 Å². The highest BCUT2D eigenvalue weighted by molar-refractivity contribution is 7.86. The number of rotatable bonds is 8. The van der Waals surface area contributed by atoms with E-state index in [-0.39, 0.29) is 24.5 Å². The number of alkyl carbamates (subject to hydrolysis) is 1. The van der Waals surface area contributed by atoms with Gasteiger partial charge in [0.05, 0.1) is 18.1 Å². The molecule has 9 heteroatoms. The van der Waals surface area contributed by atoms with Crippen LogP contribution in [0.5, 0.6) is 0 Å². The van der Waals surface area contributed by atoms with E-state index in [0.29, 0.717) is 0 Å². The second-order valence-electron chi connectivity index (χ2n) is 6.83. The highest BCUT2D eigenvalue weighted by Gasteiger charge is 2.26. The standard InChI is InChI=1S/C18H27NO7S/c1-6-24-16(20)15(19-17(21)26-18(3,4)5)11-12-25-27(22,23)14-9-7-13(2)8-10-14/h7-10,15H,6,11-12H2,1-5H3,(H,19,21)/t15-/m0/s1. The van der Waals surface area contributed by atoms with E-state index in [1.54, 1.807) is 39.8 Å². The van der Waals surface area contributed by atoms with Crippen LogP contribution in [-0.4, -0.2) is 45.3 Å². The summed E-state index contributed by atoms with van der Waals surface area (Å²) in [6.07, 6.45) is -0.898. The van der Waals surface area contributed by atoms with Gasteiger partial charge >= 0.3 is 12.1 Å². The second-order valence-corrected chi connectivity index (χ2v) is 8.44. The number of esters is 1. The van der Waals surface area contributed by atoms with Crippen LogP contribution >= 0.6 is 0 Å². The highest BCUT2D eigenvalue weighted by Crippen LogP contribution is 2.14. The summed E-state index contributed by atoms with van der Waals surface area (Å²) in [5.41, 5.74) is 0.173. The van der Waals surface area contributed by atoms with Crippen molar-refractivity contribution >= 4 is 22.2 Å². The molecule has 1 atom stereocenters. The Bertz CT molecular complexity index is 736. The Hall–Kier alpha value is -2.13. The number of hydrogen-bond acceptors (Lipinski definition) is 7. The van der Waals surface area contributed by atoms with Crippen molar-refractivity contribution in [1.82, 2.24) is 5.32 Å². The molecule has 0 saturated carbocycles. The third kappa shape index (κ3) is 8.40. The van der Waals surface area contributed by atoms with E-state index in [9.17, 15) is 18.0 Å². The first-order chi connectivity index (χ1) is 12.4. The minimum absolute atomic E-state index is 0.0147. The fourth-order valence-corrected chi connectivity index (χ4v) is 2.91. The molecule has 1 rings (SSSR count). The molecule has 1 N–H and O–H groups in total. The summed E-state index contributed by atoms with van der Waals surface area (Å²) in [4.78, 5) is 23.9. The Kier molecular flexibility index (Phi) is 8.23. The maximum absolute atomic E-state index is 12.2. The van der Waals surface area contributed by atoms with Gasteiger partial charge < -0.3 is 14.8 Å². The maximum atomic E-state index is 12.2. The Labute approximate surface area is 160 Å². The number of hydrogen-bond donors (Lipinski definition) is 1. The summed E-state index contributed by atoms with van der Waals surface area (Å²) in [6.45, 7) is 8.32. The topological polar surface area (TPSA) is 108 Å². The van der Waals surface area contributed by atoms with E-state index in [2.05, 4.69) is 5.32 Å². The molecule has 0 heterocycles. The molecular formula is C18H27NO7S. The molecule has 0 aliphatic heterocycles. The van der Waals surface area contributed by atoms with Gasteiger partial charge in [0.1, 0.15) is 11.6 Å². The molecule has 0 radical (unpaired) electrons. The van der Waals surface area contributed by atoms with E-state index in [4.69, 9.17) is 13.7 Å². The number of carbonyl (C=O) groups excluding carboxylic acids is 2. The molecule has 0 aromatic heterocycles. The van der Waals surface area contributed by atoms with E-state index >= 15 is 0 Å². The van der Waals surface area contributed by atoms with Crippen LogP contribution in [0.2, 0.25) is 0 Å². The maximum Gasteiger partial charge on any atom is 0.408 e. The monoisotopic (exact) mass is 401 g/mol. The van der Waals surface area contributed by atoms with Gasteiger partial charge in [0.25, 0.3) is 10.1 Å². The van der Waals surface area contributed by atoms with Crippen molar-refractivity contribution in [3.8, 4) is 0 Å². The number of ether oxygens (including phenoxy) is 2. The van der Waals surface area contributed by atoms with E-state index < -0.39 is 33.8 Å². The Morgan fingerprint density at radius 2 is 1.74 bits per heavy atom. The van der Waals surface area contributed by atoms with Gasteiger partial charge in [0.15, 0.2) is 0 Å². The molecular weight excluding hydrogens is 374 g/mol. The van der Waals surface area contributed by atoms with Crippen molar-refractivity contribution in [2.45, 2.75) is 57.6 Å². The Morgan fingerprint density at radius 1 is 1.15 bits per heavy atom. The second kappa shape index (κ2) is 9.70. The van der Waals surface area contributed by atoms with Crippen molar-refractivity contribution in [3.05, 3.63) is 29.8 Å². The zero-order valence-electron chi connectivity index (χ0n) is 16.3. The molecule has 0 fully saturated rings. The van der Waals surface area contributed by atoms with Gasteiger partial charge in [-0.15, -0.1) is 0 Å². The molecule has 0 saturated heterocycles. The molecule has 0 aliphatic rings. The molecule has 27 heavy (non-hydrogen) atoms. The number of carbonyl (C=O) groups is 2. The molecule has 152 valence electrons. The summed E-state index contributed by atoms with van der Waals surface area (Å²) in [6, 6.07) is 5.09. The van der Waals surface area contributed by atoms with Gasteiger partial charge in [-0.25, -0.2) is 9.59 Å². The van der Waals surface area contributed by atoms with Crippen LogP contribution in [-0.2, 0) is 28.6 Å². The third-order valence-electron chi connectivity index (χ3n) is 3.22. The smallest absolute Gasteiger partial charge is 0.408 e. The fraction of sp³-hybridized carbons (Fsp3) is 0.556. The van der Waals surface area contributed by atoms with Crippen molar-refractivity contribution in [2.24, 2.45) is 0 Å². The largest absolute Gasteiger partial charge is 0.464 e. The van der Waals surface area contributed by atoms with Crippen LogP contribution in [0.1, 0.15) is 39.7 Å². The van der Waals surface area contributed by atoms with E-state index in [0.717, 1.165) is 5.56 Å². The summed E-state index contributed by atoms with van der Waals surface area (Å²) >= 11 is 0. The predicted molar refractivity (Wildman–Crippen MR) is 98.7 cm³/mol. The Morgan fingerprint density at radius 3 is 2.26 bits per heavy atom. The van der Waals surface area contributed by atoms with Crippen LogP contribution < -0.4 is 5.32 Å². The molecule has 0 unspecified atom stereocenters. The quantitative estimate of drug-likeness (QED) is 0.527. The summed E-state index contributed by atoms with van der Waals surface area (Å²) in [5, 5.41) is 2.38. The molecule has 1 aromatic rings. The number of benzene rings is 1. The first kappa shape index (κ1) is 22.9. The van der Waals surface area contributed by atoms with E-state index in [1.165, 1.54) is 12.1 Å². The van der Waals surface area contributed by atoms with Gasteiger partial charge in [-0.05, 0) is 46.8 Å². The Balaban J connectivity index is 2.71. The average Bonchev–Trinajstić information content (AvgIpc) is 2.52. The molecule has 0 aliphatic carbocycles. The SMILES string of the molecule is CCOC(=O)[C@H](CCOS(=O)(=O)c1ccc(C)cc1)NC(=O)OC(C)(C)C. The number of amides is 1. The molecule has 0 spiro atoms. The van der Waals surface area contributed by atoms with Crippen LogP contribution in [0, 0.1) is 6.92 Å². The lowest BCUT2D eigenvalue weighted by atomic mass is 10.2. The zero-order chi connectivity index (χ0) is 20.7. The lowest BCUT2D eigenvalue weighted by Crippen LogP contribution is -2.45. The summed E-state index contributed by atoms with van der Waals surface area (Å²) < 4.78 is 39.3.